The van der Waals surface area contributed by atoms with Gasteiger partial charge in [-0.2, -0.15) is 4.31 Å². The number of piperidine rings is 1. The number of anilines is 1. The summed E-state index contributed by atoms with van der Waals surface area (Å²) in [5.74, 6) is 0.719. The summed E-state index contributed by atoms with van der Waals surface area (Å²) in [4.78, 5) is 1.84. The molecule has 0 amide bonds. The van der Waals surface area contributed by atoms with Gasteiger partial charge in [-0.25, -0.2) is 8.42 Å². The van der Waals surface area contributed by atoms with Crippen LogP contribution in [0.3, 0.4) is 0 Å². The smallest absolute Gasteiger partial charge is 0.243 e. The van der Waals surface area contributed by atoms with Gasteiger partial charge < -0.3 is 5.32 Å². The molecule has 3 atom stereocenters. The van der Waals surface area contributed by atoms with E-state index in [-0.39, 0.29) is 12.0 Å². The normalized spacial score (nSPS) is 27.2. The Kier molecular flexibility index (Phi) is 4.61. The number of hydrogen-bond donors (Lipinski definition) is 1. The Bertz CT molecular complexity index is 1020. The molecule has 1 aromatic heterocycles. The molecule has 148 valence electrons. The summed E-state index contributed by atoms with van der Waals surface area (Å²) in [5.41, 5.74) is 3.53. The SMILES string of the molecule is Cc1ccsc1C1Nc2ccc(S(=O)(=O)N3CCCCC3)cc2C2C=CCC21. The highest BCUT2D eigenvalue weighted by atomic mass is 32.2. The molecule has 1 saturated heterocycles. The fourth-order valence-electron chi connectivity index (χ4n) is 4.95. The van der Waals surface area contributed by atoms with Crippen LogP contribution in [0.5, 0.6) is 0 Å². The molecule has 3 aliphatic rings. The van der Waals surface area contributed by atoms with Gasteiger partial charge in [-0.1, -0.05) is 18.6 Å². The van der Waals surface area contributed by atoms with Crippen LogP contribution in [0.25, 0.3) is 0 Å². The first-order chi connectivity index (χ1) is 13.6. The molecule has 2 aliphatic heterocycles. The highest BCUT2D eigenvalue weighted by Crippen LogP contribution is 2.51. The van der Waals surface area contributed by atoms with E-state index in [4.69, 9.17) is 0 Å². The maximum atomic E-state index is 13.2. The Labute approximate surface area is 171 Å². The van der Waals surface area contributed by atoms with Gasteiger partial charge in [-0.3, -0.25) is 0 Å². The summed E-state index contributed by atoms with van der Waals surface area (Å²) < 4.78 is 28.0. The largest absolute Gasteiger partial charge is 0.377 e. The number of fused-ring (bicyclic) bond motifs is 3. The van der Waals surface area contributed by atoms with Crippen molar-refractivity contribution in [2.75, 3.05) is 18.4 Å². The summed E-state index contributed by atoms with van der Waals surface area (Å²) in [6.07, 6.45) is 8.61. The molecule has 1 aliphatic carbocycles. The van der Waals surface area contributed by atoms with Crippen LogP contribution in [0.2, 0.25) is 0 Å². The average molecular weight is 415 g/mol. The minimum atomic E-state index is -3.40. The van der Waals surface area contributed by atoms with E-state index in [1.165, 1.54) is 10.4 Å². The lowest BCUT2D eigenvalue weighted by molar-refractivity contribution is 0.346. The number of aryl methyl sites for hydroxylation is 1. The number of thiophene rings is 1. The molecule has 3 heterocycles. The first kappa shape index (κ1) is 18.4. The van der Waals surface area contributed by atoms with E-state index in [1.807, 2.05) is 23.5 Å². The molecule has 1 N–H and O–H groups in total. The molecule has 1 aromatic carbocycles. The number of sulfonamides is 1. The first-order valence-electron chi connectivity index (χ1n) is 10.2. The van der Waals surface area contributed by atoms with E-state index in [2.05, 4.69) is 35.8 Å². The van der Waals surface area contributed by atoms with Crippen molar-refractivity contribution >= 4 is 27.0 Å². The minimum absolute atomic E-state index is 0.277. The van der Waals surface area contributed by atoms with Crippen molar-refractivity contribution in [3.8, 4) is 0 Å². The fraction of sp³-hybridized carbons (Fsp3) is 0.455. The number of allylic oxidation sites excluding steroid dienone is 2. The predicted molar refractivity (Wildman–Crippen MR) is 114 cm³/mol. The summed E-state index contributed by atoms with van der Waals surface area (Å²) in [6, 6.07) is 8.16. The minimum Gasteiger partial charge on any atom is -0.377 e. The van der Waals surface area contributed by atoms with Crippen LogP contribution in [0, 0.1) is 12.8 Å². The van der Waals surface area contributed by atoms with Gasteiger partial charge >= 0.3 is 0 Å². The van der Waals surface area contributed by atoms with Crippen LogP contribution in [0.4, 0.5) is 5.69 Å². The quantitative estimate of drug-likeness (QED) is 0.715. The van der Waals surface area contributed by atoms with Crippen molar-refractivity contribution < 1.29 is 8.42 Å². The van der Waals surface area contributed by atoms with Gasteiger partial charge in [-0.15, -0.1) is 11.3 Å². The zero-order chi connectivity index (χ0) is 19.3. The van der Waals surface area contributed by atoms with Crippen molar-refractivity contribution in [3.05, 3.63) is 57.8 Å². The number of benzene rings is 1. The lowest BCUT2D eigenvalue weighted by atomic mass is 9.78. The van der Waals surface area contributed by atoms with Gasteiger partial charge in [0.1, 0.15) is 0 Å². The van der Waals surface area contributed by atoms with Crippen molar-refractivity contribution in [1.29, 1.82) is 0 Å². The van der Waals surface area contributed by atoms with Crippen molar-refractivity contribution in [2.45, 2.75) is 49.5 Å². The Balaban J connectivity index is 1.53. The van der Waals surface area contributed by atoms with E-state index in [0.717, 1.165) is 36.9 Å². The Hall–Kier alpha value is -1.63. The average Bonchev–Trinajstić information content (AvgIpc) is 3.37. The standard InChI is InChI=1S/C22H26N2O2S2/c1-15-10-13-27-22(15)21-18-7-5-6-17(18)19-14-16(8-9-20(19)23-21)28(25,26)24-11-3-2-4-12-24/h5-6,8-10,13-14,17-18,21,23H,2-4,7,11-12H2,1H3. The van der Waals surface area contributed by atoms with Crippen LogP contribution in [0.15, 0.2) is 46.7 Å². The number of nitrogens with one attached hydrogen (secondary N) is 1. The molecule has 0 bridgehead atoms. The van der Waals surface area contributed by atoms with Gasteiger partial charge in [0.05, 0.1) is 10.9 Å². The number of nitrogens with zero attached hydrogens (tertiary/aromatic N) is 1. The third-order valence-electron chi connectivity index (χ3n) is 6.47. The van der Waals surface area contributed by atoms with Gasteiger partial charge in [0.2, 0.25) is 10.0 Å². The lowest BCUT2D eigenvalue weighted by Gasteiger charge is -2.37. The van der Waals surface area contributed by atoms with Crippen LogP contribution < -0.4 is 5.32 Å². The van der Waals surface area contributed by atoms with Gasteiger partial charge in [0.15, 0.2) is 0 Å². The molecule has 1 fully saturated rings. The van der Waals surface area contributed by atoms with E-state index in [1.54, 1.807) is 10.4 Å². The third-order valence-corrected chi connectivity index (χ3v) is 9.47. The Morgan fingerprint density at radius 3 is 2.71 bits per heavy atom. The van der Waals surface area contributed by atoms with Crippen LogP contribution in [-0.4, -0.2) is 25.8 Å². The Morgan fingerprint density at radius 2 is 1.96 bits per heavy atom. The molecular formula is C22H26N2O2S2. The van der Waals surface area contributed by atoms with E-state index in [0.29, 0.717) is 23.9 Å². The molecule has 5 rings (SSSR count). The van der Waals surface area contributed by atoms with Crippen molar-refractivity contribution in [2.24, 2.45) is 5.92 Å². The summed E-state index contributed by atoms with van der Waals surface area (Å²) in [7, 11) is -3.40. The van der Waals surface area contributed by atoms with Gasteiger partial charge in [-0.05, 0) is 72.9 Å². The van der Waals surface area contributed by atoms with Gasteiger partial charge in [0, 0.05) is 29.6 Å². The molecular weight excluding hydrogens is 388 g/mol. The maximum Gasteiger partial charge on any atom is 0.243 e. The van der Waals surface area contributed by atoms with Crippen molar-refractivity contribution in [3.63, 3.8) is 0 Å². The first-order valence-corrected chi connectivity index (χ1v) is 12.5. The topological polar surface area (TPSA) is 49.4 Å². The van der Waals surface area contributed by atoms with Crippen LogP contribution >= 0.6 is 11.3 Å². The Morgan fingerprint density at radius 1 is 1.14 bits per heavy atom. The monoisotopic (exact) mass is 414 g/mol. The molecule has 0 saturated carbocycles. The summed E-state index contributed by atoms with van der Waals surface area (Å²) >= 11 is 1.81. The highest BCUT2D eigenvalue weighted by Gasteiger charge is 2.39. The maximum absolute atomic E-state index is 13.2. The molecule has 4 nitrogen and oxygen atoms in total. The number of hydrogen-bond acceptors (Lipinski definition) is 4. The second-order valence-corrected chi connectivity index (χ2v) is 11.0. The predicted octanol–water partition coefficient (Wildman–Crippen LogP) is 5.06. The summed E-state index contributed by atoms with van der Waals surface area (Å²) in [5, 5.41) is 5.89. The molecule has 2 aromatic rings. The third kappa shape index (κ3) is 2.93. The molecule has 0 radical (unpaired) electrons. The van der Waals surface area contributed by atoms with Crippen LogP contribution in [0.1, 0.15) is 53.6 Å². The zero-order valence-corrected chi connectivity index (χ0v) is 17.7. The fourth-order valence-corrected chi connectivity index (χ4v) is 7.56. The van der Waals surface area contributed by atoms with E-state index in [9.17, 15) is 8.42 Å². The highest BCUT2D eigenvalue weighted by molar-refractivity contribution is 7.89. The second kappa shape index (κ2) is 7.01. The molecule has 28 heavy (non-hydrogen) atoms. The zero-order valence-electron chi connectivity index (χ0n) is 16.1. The van der Waals surface area contributed by atoms with Crippen molar-refractivity contribution in [1.82, 2.24) is 4.31 Å². The van der Waals surface area contributed by atoms with Crippen LogP contribution in [-0.2, 0) is 10.0 Å². The molecule has 6 heteroatoms. The molecule has 3 unspecified atom stereocenters. The van der Waals surface area contributed by atoms with Gasteiger partial charge in [0.25, 0.3) is 0 Å². The summed E-state index contributed by atoms with van der Waals surface area (Å²) in [6.45, 7) is 3.46. The van der Waals surface area contributed by atoms with E-state index >= 15 is 0 Å². The molecule has 0 spiro atoms. The second-order valence-electron chi connectivity index (χ2n) is 8.16. The van der Waals surface area contributed by atoms with E-state index < -0.39 is 10.0 Å². The number of rotatable bonds is 3. The lowest BCUT2D eigenvalue weighted by Crippen LogP contribution is -2.36.